The third-order valence-corrected chi connectivity index (χ3v) is 5.99. The molecule has 2 aliphatic heterocycles. The van der Waals surface area contributed by atoms with Gasteiger partial charge < -0.3 is 10.1 Å². The molecule has 0 N–H and O–H groups in total. The fraction of sp³-hybridized carbons (Fsp3) is 0.941. The van der Waals surface area contributed by atoms with Crippen molar-refractivity contribution in [3.63, 3.8) is 0 Å². The van der Waals surface area contributed by atoms with E-state index in [1.165, 1.54) is 49.1 Å². The SMILES string of the molecule is C[C@H]1C[C@@H](CC2=[N+]([O-])CCCC2)[C@@H]2CCCN(C)[C@H]2C1. The van der Waals surface area contributed by atoms with Crippen LogP contribution in [0.15, 0.2) is 0 Å². The van der Waals surface area contributed by atoms with Gasteiger partial charge in [-0.05, 0) is 63.5 Å². The van der Waals surface area contributed by atoms with E-state index in [-0.39, 0.29) is 0 Å². The molecule has 1 saturated carbocycles. The zero-order valence-electron chi connectivity index (χ0n) is 13.2. The van der Waals surface area contributed by atoms with Gasteiger partial charge in [-0.2, -0.15) is 0 Å². The topological polar surface area (TPSA) is 29.3 Å². The predicted octanol–water partition coefficient (Wildman–Crippen LogP) is 3.27. The third-order valence-electron chi connectivity index (χ3n) is 5.99. The first kappa shape index (κ1) is 14.4. The van der Waals surface area contributed by atoms with E-state index in [1.54, 1.807) is 0 Å². The molecule has 4 atom stereocenters. The Balaban J connectivity index is 1.73. The number of hydroxylamine groups is 1. The highest BCUT2D eigenvalue weighted by molar-refractivity contribution is 5.80. The van der Waals surface area contributed by atoms with Crippen molar-refractivity contribution in [2.75, 3.05) is 20.1 Å². The second-order valence-electron chi connectivity index (χ2n) is 7.52. The Bertz CT molecular complexity index is 379. The van der Waals surface area contributed by atoms with Crippen molar-refractivity contribution in [3.05, 3.63) is 5.21 Å². The number of hydrogen-bond donors (Lipinski definition) is 0. The molecule has 1 aliphatic carbocycles. The first-order chi connectivity index (χ1) is 9.65. The van der Waals surface area contributed by atoms with Crippen LogP contribution in [0.5, 0.6) is 0 Å². The van der Waals surface area contributed by atoms with E-state index in [0.717, 1.165) is 49.6 Å². The van der Waals surface area contributed by atoms with Crippen LogP contribution in [0.2, 0.25) is 0 Å². The molecule has 3 rings (SSSR count). The first-order valence-corrected chi connectivity index (χ1v) is 8.64. The van der Waals surface area contributed by atoms with Crippen molar-refractivity contribution >= 4 is 5.71 Å². The van der Waals surface area contributed by atoms with Gasteiger partial charge in [0.1, 0.15) is 0 Å². The van der Waals surface area contributed by atoms with Crippen molar-refractivity contribution in [3.8, 4) is 0 Å². The lowest BCUT2D eigenvalue weighted by Gasteiger charge is -2.48. The molecular formula is C17H30N2O. The normalized spacial score (nSPS) is 39.7. The number of rotatable bonds is 2. The average Bonchev–Trinajstić information content (AvgIpc) is 2.42. The van der Waals surface area contributed by atoms with Crippen LogP contribution in [-0.4, -0.2) is 41.5 Å². The Kier molecular flexibility index (Phi) is 4.34. The van der Waals surface area contributed by atoms with E-state index in [9.17, 15) is 5.21 Å². The van der Waals surface area contributed by atoms with Crippen molar-refractivity contribution < 1.29 is 4.74 Å². The molecule has 2 fully saturated rings. The summed E-state index contributed by atoms with van der Waals surface area (Å²) in [5, 5.41) is 12.0. The van der Waals surface area contributed by atoms with E-state index in [1.807, 2.05) is 0 Å². The molecule has 114 valence electrons. The van der Waals surface area contributed by atoms with Crippen molar-refractivity contribution in [1.29, 1.82) is 0 Å². The molecule has 0 aromatic carbocycles. The minimum atomic E-state index is 0.742. The lowest BCUT2D eigenvalue weighted by molar-refractivity contribution is -0.465. The first-order valence-electron chi connectivity index (χ1n) is 8.64. The van der Waals surface area contributed by atoms with Gasteiger partial charge >= 0.3 is 0 Å². The van der Waals surface area contributed by atoms with Crippen LogP contribution >= 0.6 is 0 Å². The fourth-order valence-corrected chi connectivity index (χ4v) is 4.97. The molecule has 2 heterocycles. The van der Waals surface area contributed by atoms with E-state index < -0.39 is 0 Å². The van der Waals surface area contributed by atoms with Crippen LogP contribution in [0.1, 0.15) is 58.3 Å². The minimum absolute atomic E-state index is 0.742. The van der Waals surface area contributed by atoms with E-state index in [2.05, 4.69) is 18.9 Å². The molecule has 3 heteroatoms. The summed E-state index contributed by atoms with van der Waals surface area (Å²) in [6.07, 6.45) is 9.90. The fourth-order valence-electron chi connectivity index (χ4n) is 4.97. The number of hydrogen-bond acceptors (Lipinski definition) is 2. The van der Waals surface area contributed by atoms with Gasteiger partial charge in [-0.3, -0.25) is 0 Å². The van der Waals surface area contributed by atoms with Gasteiger partial charge in [-0.25, -0.2) is 4.74 Å². The summed E-state index contributed by atoms with van der Waals surface area (Å²) in [5.74, 6) is 2.43. The van der Waals surface area contributed by atoms with Crippen molar-refractivity contribution in [1.82, 2.24) is 4.90 Å². The van der Waals surface area contributed by atoms with Crippen LogP contribution in [-0.2, 0) is 0 Å². The molecule has 20 heavy (non-hydrogen) atoms. The molecular weight excluding hydrogens is 248 g/mol. The maximum absolute atomic E-state index is 12.0. The minimum Gasteiger partial charge on any atom is -0.624 e. The Morgan fingerprint density at radius 2 is 2.10 bits per heavy atom. The highest BCUT2D eigenvalue weighted by Crippen LogP contribution is 2.43. The quantitative estimate of drug-likeness (QED) is 0.573. The molecule has 0 amide bonds. The van der Waals surface area contributed by atoms with Gasteiger partial charge in [0, 0.05) is 25.3 Å². The molecule has 0 unspecified atom stereocenters. The molecule has 3 aliphatic rings. The number of nitrogens with zero attached hydrogens (tertiary/aromatic N) is 2. The van der Waals surface area contributed by atoms with Crippen molar-refractivity contribution in [2.45, 2.75) is 64.3 Å². The van der Waals surface area contributed by atoms with Gasteiger partial charge in [-0.15, -0.1) is 0 Å². The van der Waals surface area contributed by atoms with E-state index in [0.29, 0.717) is 0 Å². The van der Waals surface area contributed by atoms with Gasteiger partial charge in [0.25, 0.3) is 0 Å². The van der Waals surface area contributed by atoms with Crippen LogP contribution in [0.25, 0.3) is 0 Å². The molecule has 0 spiro atoms. The van der Waals surface area contributed by atoms with Crippen LogP contribution in [0.4, 0.5) is 0 Å². The summed E-state index contributed by atoms with van der Waals surface area (Å²) in [7, 11) is 2.31. The molecule has 0 aromatic heterocycles. The molecule has 0 aromatic rings. The largest absolute Gasteiger partial charge is 0.624 e. The van der Waals surface area contributed by atoms with Crippen LogP contribution in [0.3, 0.4) is 0 Å². The summed E-state index contributed by atoms with van der Waals surface area (Å²) >= 11 is 0. The van der Waals surface area contributed by atoms with E-state index >= 15 is 0 Å². The zero-order chi connectivity index (χ0) is 14.1. The van der Waals surface area contributed by atoms with Gasteiger partial charge in [0.2, 0.25) is 0 Å². The number of likely N-dealkylation sites (tertiary alicyclic amines) is 1. The summed E-state index contributed by atoms with van der Waals surface area (Å²) in [6, 6.07) is 0.779. The third kappa shape index (κ3) is 2.88. The number of fused-ring (bicyclic) bond motifs is 1. The summed E-state index contributed by atoms with van der Waals surface area (Å²) in [5.41, 5.74) is 1.21. The Labute approximate surface area is 123 Å². The Morgan fingerprint density at radius 3 is 2.90 bits per heavy atom. The zero-order valence-corrected chi connectivity index (χ0v) is 13.2. The standard InChI is InChI=1S/C17H30N2O/c1-13-10-14(12-15-6-3-4-9-19(15)20)16-7-5-8-18(2)17(16)11-13/h13-14,16-17H,3-12H2,1-2H3/t13-,14-,16-,17-/m0/s1. The predicted molar refractivity (Wildman–Crippen MR) is 83.0 cm³/mol. The van der Waals surface area contributed by atoms with Crippen LogP contribution < -0.4 is 0 Å². The van der Waals surface area contributed by atoms with Gasteiger partial charge in [0.05, 0.1) is 0 Å². The number of piperidine rings is 1. The maximum Gasteiger partial charge on any atom is 0.163 e. The average molecular weight is 278 g/mol. The van der Waals surface area contributed by atoms with E-state index in [4.69, 9.17) is 0 Å². The Morgan fingerprint density at radius 1 is 1.25 bits per heavy atom. The molecule has 0 radical (unpaired) electrons. The lowest BCUT2D eigenvalue weighted by Crippen LogP contribution is -2.50. The summed E-state index contributed by atoms with van der Waals surface area (Å²) in [4.78, 5) is 2.59. The van der Waals surface area contributed by atoms with Gasteiger partial charge in [-0.1, -0.05) is 6.92 Å². The smallest absolute Gasteiger partial charge is 0.163 e. The lowest BCUT2D eigenvalue weighted by atomic mass is 9.66. The highest BCUT2D eigenvalue weighted by atomic mass is 16.5. The van der Waals surface area contributed by atoms with Crippen molar-refractivity contribution in [2.24, 2.45) is 17.8 Å². The van der Waals surface area contributed by atoms with Crippen LogP contribution in [0, 0.1) is 23.0 Å². The summed E-state index contributed by atoms with van der Waals surface area (Å²) < 4.78 is 1.32. The second-order valence-corrected chi connectivity index (χ2v) is 7.52. The molecule has 0 bridgehead atoms. The molecule has 1 saturated heterocycles. The highest BCUT2D eigenvalue weighted by Gasteiger charge is 2.41. The second kappa shape index (κ2) is 6.05. The van der Waals surface area contributed by atoms with Gasteiger partial charge in [0.15, 0.2) is 12.3 Å². The summed E-state index contributed by atoms with van der Waals surface area (Å²) in [6.45, 7) is 4.42. The monoisotopic (exact) mass is 278 g/mol. The molecule has 3 nitrogen and oxygen atoms in total. The Hall–Kier alpha value is -0.570. The maximum atomic E-state index is 12.0.